The van der Waals surface area contributed by atoms with E-state index in [1.54, 1.807) is 31.2 Å². The fourth-order valence-electron chi connectivity index (χ4n) is 3.81. The lowest BCUT2D eigenvalue weighted by Gasteiger charge is -2.26. The van der Waals surface area contributed by atoms with Gasteiger partial charge in [0.05, 0.1) is 10.9 Å². The van der Waals surface area contributed by atoms with E-state index in [4.69, 9.17) is 0 Å². The Labute approximate surface area is 174 Å². The molecular formula is C23H24N4O3. The van der Waals surface area contributed by atoms with Crippen molar-refractivity contribution in [2.24, 2.45) is 0 Å². The van der Waals surface area contributed by atoms with Gasteiger partial charge in [0.1, 0.15) is 12.4 Å². The number of anilines is 1. The summed E-state index contributed by atoms with van der Waals surface area (Å²) in [6.07, 6.45) is 2.58. The minimum Gasteiger partial charge on any atom is -0.338 e. The predicted octanol–water partition coefficient (Wildman–Crippen LogP) is 2.86. The maximum absolute atomic E-state index is 12.7. The van der Waals surface area contributed by atoms with Crippen LogP contribution in [0.5, 0.6) is 0 Å². The van der Waals surface area contributed by atoms with E-state index >= 15 is 0 Å². The van der Waals surface area contributed by atoms with E-state index in [-0.39, 0.29) is 23.9 Å². The molecule has 0 saturated carbocycles. The molecule has 1 aromatic heterocycles. The standard InChI is InChI=1S/C23H24N4O3/c1-16-24-20-10-3-2-9-19(20)23(30)27(16)15-21(28)25-18-8-6-7-17(13-18)14-26-12-5-4-11-22(26)29/h2-3,6-10,13H,4-5,11-12,14-15H2,1H3,(H,25,28). The molecule has 1 saturated heterocycles. The number of hydrogen-bond donors (Lipinski definition) is 1. The summed E-state index contributed by atoms with van der Waals surface area (Å²) in [6, 6.07) is 14.6. The zero-order chi connectivity index (χ0) is 21.1. The van der Waals surface area contributed by atoms with E-state index < -0.39 is 0 Å². The SMILES string of the molecule is Cc1nc2ccccc2c(=O)n1CC(=O)Nc1cccc(CN2CCCCC2=O)c1. The third-order valence-electron chi connectivity index (χ3n) is 5.36. The van der Waals surface area contributed by atoms with Crippen molar-refractivity contribution in [3.63, 3.8) is 0 Å². The van der Waals surface area contributed by atoms with Gasteiger partial charge in [-0.3, -0.25) is 19.0 Å². The third kappa shape index (κ3) is 4.25. The summed E-state index contributed by atoms with van der Waals surface area (Å²) in [5, 5.41) is 3.34. The molecule has 1 aliphatic rings. The molecular weight excluding hydrogens is 380 g/mol. The average molecular weight is 404 g/mol. The molecule has 1 aliphatic heterocycles. The van der Waals surface area contributed by atoms with Crippen molar-refractivity contribution in [2.45, 2.75) is 39.3 Å². The highest BCUT2D eigenvalue weighted by atomic mass is 16.2. The van der Waals surface area contributed by atoms with Gasteiger partial charge in [-0.05, 0) is 49.6 Å². The van der Waals surface area contributed by atoms with Crippen LogP contribution in [0.3, 0.4) is 0 Å². The van der Waals surface area contributed by atoms with Crippen LogP contribution in [0.25, 0.3) is 10.9 Å². The van der Waals surface area contributed by atoms with Crippen LogP contribution in [0.15, 0.2) is 53.3 Å². The van der Waals surface area contributed by atoms with Gasteiger partial charge >= 0.3 is 0 Å². The first-order valence-electron chi connectivity index (χ1n) is 10.1. The van der Waals surface area contributed by atoms with Crippen LogP contribution in [-0.4, -0.2) is 32.8 Å². The second-order valence-corrected chi connectivity index (χ2v) is 7.59. The summed E-state index contributed by atoms with van der Waals surface area (Å²) in [5.41, 5.74) is 1.99. The highest BCUT2D eigenvalue weighted by Crippen LogP contribution is 2.17. The Morgan fingerprint density at radius 2 is 1.93 bits per heavy atom. The summed E-state index contributed by atoms with van der Waals surface area (Å²) in [5.74, 6) is 0.365. The van der Waals surface area contributed by atoms with Crippen molar-refractivity contribution in [1.29, 1.82) is 0 Å². The number of carbonyl (C=O) groups excluding carboxylic acids is 2. The van der Waals surface area contributed by atoms with Gasteiger partial charge in [-0.25, -0.2) is 4.98 Å². The lowest BCUT2D eigenvalue weighted by molar-refractivity contribution is -0.133. The van der Waals surface area contributed by atoms with Gasteiger partial charge in [-0.15, -0.1) is 0 Å². The van der Waals surface area contributed by atoms with E-state index in [2.05, 4.69) is 10.3 Å². The first-order chi connectivity index (χ1) is 14.5. The van der Waals surface area contributed by atoms with E-state index in [9.17, 15) is 14.4 Å². The normalized spacial score (nSPS) is 14.2. The topological polar surface area (TPSA) is 84.3 Å². The van der Waals surface area contributed by atoms with Crippen LogP contribution in [-0.2, 0) is 22.7 Å². The highest BCUT2D eigenvalue weighted by Gasteiger charge is 2.18. The van der Waals surface area contributed by atoms with Gasteiger partial charge in [0.25, 0.3) is 5.56 Å². The minimum atomic E-state index is -0.302. The summed E-state index contributed by atoms with van der Waals surface area (Å²) in [4.78, 5) is 43.7. The molecule has 3 aromatic rings. The summed E-state index contributed by atoms with van der Waals surface area (Å²) in [7, 11) is 0. The number of amides is 2. The van der Waals surface area contributed by atoms with Crippen LogP contribution >= 0.6 is 0 Å². The molecule has 0 bridgehead atoms. The molecule has 7 nitrogen and oxygen atoms in total. The number of nitrogens with one attached hydrogen (secondary N) is 1. The molecule has 2 amide bonds. The predicted molar refractivity (Wildman–Crippen MR) is 115 cm³/mol. The molecule has 30 heavy (non-hydrogen) atoms. The largest absolute Gasteiger partial charge is 0.338 e. The fraction of sp³-hybridized carbons (Fsp3) is 0.304. The lowest BCUT2D eigenvalue weighted by Crippen LogP contribution is -2.34. The van der Waals surface area contributed by atoms with E-state index in [0.717, 1.165) is 24.9 Å². The Morgan fingerprint density at radius 3 is 2.77 bits per heavy atom. The van der Waals surface area contributed by atoms with Crippen LogP contribution in [0.1, 0.15) is 30.7 Å². The van der Waals surface area contributed by atoms with Crippen LogP contribution < -0.4 is 10.9 Å². The van der Waals surface area contributed by atoms with E-state index in [1.165, 1.54) is 4.57 Å². The number of para-hydroxylation sites is 1. The Hall–Kier alpha value is -3.48. The first-order valence-corrected chi connectivity index (χ1v) is 10.1. The Morgan fingerprint density at radius 1 is 1.10 bits per heavy atom. The second-order valence-electron chi connectivity index (χ2n) is 7.59. The highest BCUT2D eigenvalue weighted by molar-refractivity contribution is 5.91. The Kier molecular flexibility index (Phi) is 5.61. The number of nitrogens with zero attached hydrogens (tertiary/aromatic N) is 3. The van der Waals surface area contributed by atoms with Crippen molar-refractivity contribution in [3.05, 3.63) is 70.3 Å². The molecule has 7 heteroatoms. The number of hydrogen-bond acceptors (Lipinski definition) is 4. The van der Waals surface area contributed by atoms with Gasteiger partial charge in [0, 0.05) is 25.2 Å². The third-order valence-corrected chi connectivity index (χ3v) is 5.36. The average Bonchev–Trinajstić information content (AvgIpc) is 2.73. The van der Waals surface area contributed by atoms with Gasteiger partial charge in [-0.1, -0.05) is 24.3 Å². The molecule has 2 heterocycles. The number of likely N-dealkylation sites (tertiary alicyclic amines) is 1. The molecule has 0 spiro atoms. The molecule has 0 unspecified atom stereocenters. The van der Waals surface area contributed by atoms with Gasteiger partial charge in [0.15, 0.2) is 0 Å². The van der Waals surface area contributed by atoms with Gasteiger partial charge in [-0.2, -0.15) is 0 Å². The summed E-state index contributed by atoms with van der Waals surface area (Å²) in [6.45, 7) is 2.91. The molecule has 4 rings (SSSR count). The van der Waals surface area contributed by atoms with Crippen molar-refractivity contribution >= 4 is 28.4 Å². The number of benzene rings is 2. The van der Waals surface area contributed by atoms with Crippen LogP contribution in [0.4, 0.5) is 5.69 Å². The molecule has 1 fully saturated rings. The Bertz CT molecular complexity index is 1170. The maximum Gasteiger partial charge on any atom is 0.261 e. The molecule has 0 radical (unpaired) electrons. The summed E-state index contributed by atoms with van der Waals surface area (Å²) >= 11 is 0. The quantitative estimate of drug-likeness (QED) is 0.709. The maximum atomic E-state index is 12.7. The van der Waals surface area contributed by atoms with Gasteiger partial charge in [0.2, 0.25) is 11.8 Å². The molecule has 1 N–H and O–H groups in total. The number of carbonyl (C=O) groups is 2. The van der Waals surface area contributed by atoms with Crippen molar-refractivity contribution in [3.8, 4) is 0 Å². The molecule has 154 valence electrons. The Balaban J connectivity index is 1.48. The number of aromatic nitrogens is 2. The zero-order valence-corrected chi connectivity index (χ0v) is 16.9. The number of rotatable bonds is 5. The fourth-order valence-corrected chi connectivity index (χ4v) is 3.81. The number of fused-ring (bicyclic) bond motifs is 1. The molecule has 0 aliphatic carbocycles. The van der Waals surface area contributed by atoms with E-state index in [1.807, 2.05) is 29.2 Å². The number of aryl methyl sites for hydroxylation is 1. The van der Waals surface area contributed by atoms with Gasteiger partial charge < -0.3 is 10.2 Å². The van der Waals surface area contributed by atoms with Crippen molar-refractivity contribution in [1.82, 2.24) is 14.5 Å². The van der Waals surface area contributed by atoms with Crippen molar-refractivity contribution in [2.75, 3.05) is 11.9 Å². The van der Waals surface area contributed by atoms with Crippen molar-refractivity contribution < 1.29 is 9.59 Å². The van der Waals surface area contributed by atoms with Crippen LogP contribution in [0, 0.1) is 6.92 Å². The van der Waals surface area contributed by atoms with E-state index in [0.29, 0.717) is 35.4 Å². The lowest BCUT2D eigenvalue weighted by atomic mass is 10.1. The molecule has 2 aromatic carbocycles. The molecule has 0 atom stereocenters. The summed E-state index contributed by atoms with van der Waals surface area (Å²) < 4.78 is 1.38. The second kappa shape index (κ2) is 8.49. The monoisotopic (exact) mass is 404 g/mol. The number of piperidine rings is 1. The van der Waals surface area contributed by atoms with Crippen LogP contribution in [0.2, 0.25) is 0 Å². The zero-order valence-electron chi connectivity index (χ0n) is 16.9. The minimum absolute atomic E-state index is 0.114. The smallest absolute Gasteiger partial charge is 0.261 e. The first kappa shape index (κ1) is 19.8.